The third kappa shape index (κ3) is 5.23. The van der Waals surface area contributed by atoms with E-state index in [9.17, 15) is 0 Å². The molecule has 4 heteroatoms. The van der Waals surface area contributed by atoms with Gasteiger partial charge in [0, 0.05) is 38.2 Å². The number of ether oxygens (including phenoxy) is 1. The second-order valence-corrected chi connectivity index (χ2v) is 5.00. The van der Waals surface area contributed by atoms with E-state index in [0.717, 1.165) is 32.1 Å². The number of anilines is 1. The average Bonchev–Trinajstić information content (AvgIpc) is 2.83. The number of aryl methyl sites for hydroxylation is 1. The lowest BCUT2D eigenvalue weighted by atomic mass is 9.96. The van der Waals surface area contributed by atoms with Crippen LogP contribution in [0.4, 0.5) is 5.95 Å². The Morgan fingerprint density at radius 3 is 2.68 bits per heavy atom. The van der Waals surface area contributed by atoms with Crippen LogP contribution < -0.4 is 5.32 Å². The first-order valence-corrected chi connectivity index (χ1v) is 7.58. The highest BCUT2D eigenvalue weighted by Crippen LogP contribution is 2.17. The lowest BCUT2D eigenvalue weighted by Crippen LogP contribution is -2.26. The summed E-state index contributed by atoms with van der Waals surface area (Å²) < 4.78 is 7.55. The Morgan fingerprint density at radius 1 is 1.32 bits per heavy atom. The van der Waals surface area contributed by atoms with E-state index in [-0.39, 0.29) is 0 Å². The molecule has 0 amide bonds. The van der Waals surface area contributed by atoms with Crippen molar-refractivity contribution >= 4 is 5.95 Å². The second-order valence-electron chi connectivity index (χ2n) is 5.00. The standard InChI is InChI=1S/C15H29N3O/c1-5-14(6-2)13(4)17-15-16-9-11-18(15)10-8-12-19-7-3/h9,11,13-14H,5-8,10,12H2,1-4H3,(H,16,17). The molecule has 0 fully saturated rings. The number of hydrogen-bond donors (Lipinski definition) is 1. The first-order chi connectivity index (χ1) is 9.22. The van der Waals surface area contributed by atoms with Crippen LogP contribution in [0.2, 0.25) is 0 Å². The molecule has 0 radical (unpaired) electrons. The first-order valence-electron chi connectivity index (χ1n) is 7.58. The molecule has 1 unspecified atom stereocenters. The van der Waals surface area contributed by atoms with Crippen molar-refractivity contribution in [3.63, 3.8) is 0 Å². The van der Waals surface area contributed by atoms with Gasteiger partial charge in [0.05, 0.1) is 0 Å². The molecule has 0 bridgehead atoms. The van der Waals surface area contributed by atoms with Crippen LogP contribution in [0.25, 0.3) is 0 Å². The van der Waals surface area contributed by atoms with Gasteiger partial charge >= 0.3 is 0 Å². The summed E-state index contributed by atoms with van der Waals surface area (Å²) in [5, 5.41) is 3.54. The molecular weight excluding hydrogens is 238 g/mol. The van der Waals surface area contributed by atoms with Gasteiger partial charge in [-0.15, -0.1) is 0 Å². The fourth-order valence-electron chi connectivity index (χ4n) is 2.43. The van der Waals surface area contributed by atoms with Crippen molar-refractivity contribution in [2.45, 2.75) is 59.5 Å². The molecule has 0 saturated heterocycles. The van der Waals surface area contributed by atoms with Gasteiger partial charge in [-0.05, 0) is 26.2 Å². The SMILES string of the molecule is CCOCCCn1ccnc1NC(C)C(CC)CC. The maximum Gasteiger partial charge on any atom is 0.202 e. The van der Waals surface area contributed by atoms with Crippen molar-refractivity contribution in [1.29, 1.82) is 0 Å². The van der Waals surface area contributed by atoms with Crippen LogP contribution in [-0.4, -0.2) is 28.8 Å². The number of aromatic nitrogens is 2. The second kappa shape index (κ2) is 8.97. The van der Waals surface area contributed by atoms with Gasteiger partial charge in [-0.2, -0.15) is 0 Å². The molecule has 1 aromatic rings. The highest BCUT2D eigenvalue weighted by atomic mass is 16.5. The summed E-state index contributed by atoms with van der Waals surface area (Å²) in [6, 6.07) is 0.461. The average molecular weight is 267 g/mol. The Hall–Kier alpha value is -1.03. The maximum absolute atomic E-state index is 5.37. The van der Waals surface area contributed by atoms with Gasteiger partial charge in [-0.1, -0.05) is 26.7 Å². The predicted octanol–water partition coefficient (Wildman–Crippen LogP) is 3.55. The minimum atomic E-state index is 0.461. The van der Waals surface area contributed by atoms with Crippen LogP contribution in [0.5, 0.6) is 0 Å². The zero-order valence-corrected chi connectivity index (χ0v) is 12.9. The zero-order chi connectivity index (χ0) is 14.1. The van der Waals surface area contributed by atoms with Gasteiger partial charge in [0.1, 0.15) is 0 Å². The third-order valence-electron chi connectivity index (χ3n) is 3.72. The van der Waals surface area contributed by atoms with E-state index in [0.29, 0.717) is 12.0 Å². The van der Waals surface area contributed by atoms with E-state index in [1.807, 2.05) is 19.3 Å². The largest absolute Gasteiger partial charge is 0.382 e. The van der Waals surface area contributed by atoms with E-state index < -0.39 is 0 Å². The number of imidazole rings is 1. The Balaban J connectivity index is 2.47. The molecule has 1 aromatic heterocycles. The lowest BCUT2D eigenvalue weighted by Gasteiger charge is -2.23. The van der Waals surface area contributed by atoms with Crippen molar-refractivity contribution in [3.8, 4) is 0 Å². The van der Waals surface area contributed by atoms with Gasteiger partial charge in [0.15, 0.2) is 0 Å². The van der Waals surface area contributed by atoms with Gasteiger partial charge in [-0.25, -0.2) is 4.98 Å². The Labute approximate surface area is 117 Å². The highest BCUT2D eigenvalue weighted by Gasteiger charge is 2.15. The predicted molar refractivity (Wildman–Crippen MR) is 80.5 cm³/mol. The molecule has 0 aliphatic heterocycles. The van der Waals surface area contributed by atoms with E-state index >= 15 is 0 Å². The van der Waals surface area contributed by atoms with Crippen LogP contribution in [0.1, 0.15) is 47.0 Å². The fourth-order valence-corrected chi connectivity index (χ4v) is 2.43. The van der Waals surface area contributed by atoms with Gasteiger partial charge in [0.25, 0.3) is 0 Å². The quantitative estimate of drug-likeness (QED) is 0.659. The fraction of sp³-hybridized carbons (Fsp3) is 0.800. The minimum Gasteiger partial charge on any atom is -0.382 e. The summed E-state index contributed by atoms with van der Waals surface area (Å²) in [5.74, 6) is 1.68. The monoisotopic (exact) mass is 267 g/mol. The van der Waals surface area contributed by atoms with Crippen LogP contribution in [-0.2, 0) is 11.3 Å². The molecule has 1 rings (SSSR count). The molecule has 1 atom stereocenters. The van der Waals surface area contributed by atoms with Crippen molar-refractivity contribution in [1.82, 2.24) is 9.55 Å². The van der Waals surface area contributed by atoms with Crippen LogP contribution in [0.15, 0.2) is 12.4 Å². The summed E-state index contributed by atoms with van der Waals surface area (Å²) in [6.45, 7) is 11.3. The highest BCUT2D eigenvalue weighted by molar-refractivity contribution is 5.27. The Bertz CT molecular complexity index is 334. The summed E-state index contributed by atoms with van der Waals surface area (Å²) in [7, 11) is 0. The van der Waals surface area contributed by atoms with E-state index in [2.05, 4.69) is 35.6 Å². The molecule has 110 valence electrons. The van der Waals surface area contributed by atoms with E-state index in [1.54, 1.807) is 0 Å². The molecule has 0 spiro atoms. The van der Waals surface area contributed by atoms with E-state index in [4.69, 9.17) is 4.74 Å². The van der Waals surface area contributed by atoms with Gasteiger partial charge in [0.2, 0.25) is 5.95 Å². The molecule has 0 aliphatic carbocycles. The summed E-state index contributed by atoms with van der Waals surface area (Å²) in [6.07, 6.45) is 7.33. The van der Waals surface area contributed by atoms with Crippen LogP contribution in [0, 0.1) is 5.92 Å². The zero-order valence-electron chi connectivity index (χ0n) is 12.9. The molecule has 0 saturated carbocycles. The van der Waals surface area contributed by atoms with Crippen molar-refractivity contribution in [2.75, 3.05) is 18.5 Å². The number of nitrogens with zero attached hydrogens (tertiary/aromatic N) is 2. The Kier molecular flexibility index (Phi) is 7.56. The maximum atomic E-state index is 5.37. The molecule has 0 aromatic carbocycles. The van der Waals surface area contributed by atoms with Gasteiger partial charge in [-0.3, -0.25) is 0 Å². The molecule has 1 heterocycles. The summed E-state index contributed by atoms with van der Waals surface area (Å²) in [4.78, 5) is 4.42. The van der Waals surface area contributed by atoms with Crippen molar-refractivity contribution in [2.24, 2.45) is 5.92 Å². The minimum absolute atomic E-state index is 0.461. The number of hydrogen-bond acceptors (Lipinski definition) is 3. The summed E-state index contributed by atoms with van der Waals surface area (Å²) in [5.41, 5.74) is 0. The Morgan fingerprint density at radius 2 is 2.05 bits per heavy atom. The van der Waals surface area contributed by atoms with Crippen molar-refractivity contribution in [3.05, 3.63) is 12.4 Å². The number of nitrogens with one attached hydrogen (secondary N) is 1. The van der Waals surface area contributed by atoms with Crippen LogP contribution >= 0.6 is 0 Å². The van der Waals surface area contributed by atoms with Gasteiger partial charge < -0.3 is 14.6 Å². The molecule has 0 aliphatic rings. The lowest BCUT2D eigenvalue weighted by molar-refractivity contribution is 0.142. The normalized spacial score (nSPS) is 12.9. The molecule has 4 nitrogen and oxygen atoms in total. The smallest absolute Gasteiger partial charge is 0.202 e. The molecule has 19 heavy (non-hydrogen) atoms. The topological polar surface area (TPSA) is 39.1 Å². The number of rotatable bonds is 10. The third-order valence-corrected chi connectivity index (χ3v) is 3.72. The van der Waals surface area contributed by atoms with Crippen LogP contribution in [0.3, 0.4) is 0 Å². The van der Waals surface area contributed by atoms with E-state index in [1.165, 1.54) is 12.8 Å². The molecular formula is C15H29N3O. The first kappa shape index (κ1) is 16.0. The van der Waals surface area contributed by atoms with Crippen molar-refractivity contribution < 1.29 is 4.74 Å². The molecule has 1 N–H and O–H groups in total. The summed E-state index contributed by atoms with van der Waals surface area (Å²) >= 11 is 0.